The molecule has 0 N–H and O–H groups in total. The molecule has 0 aliphatic rings. The number of rotatable bonds is 5. The van der Waals surface area contributed by atoms with Crippen molar-refractivity contribution < 1.29 is 14.3 Å². The van der Waals surface area contributed by atoms with Gasteiger partial charge in [0.05, 0.1) is 11.3 Å². The fourth-order valence-electron chi connectivity index (χ4n) is 2.99. The number of esters is 1. The van der Waals surface area contributed by atoms with Crippen molar-refractivity contribution in [1.29, 1.82) is 0 Å². The Hall–Kier alpha value is -3.14. The van der Waals surface area contributed by atoms with E-state index >= 15 is 0 Å². The molecule has 4 heteroatoms. The maximum absolute atomic E-state index is 12.7. The first-order chi connectivity index (χ1) is 12.6. The van der Waals surface area contributed by atoms with Crippen LogP contribution in [0.25, 0.3) is 10.8 Å². The van der Waals surface area contributed by atoms with Crippen molar-refractivity contribution in [3.05, 3.63) is 77.9 Å². The Morgan fingerprint density at radius 1 is 0.962 bits per heavy atom. The van der Waals surface area contributed by atoms with E-state index in [0.717, 1.165) is 22.0 Å². The minimum absolute atomic E-state index is 0.246. The lowest BCUT2D eigenvalue weighted by Crippen LogP contribution is -2.34. The van der Waals surface area contributed by atoms with Gasteiger partial charge in [-0.2, -0.15) is 0 Å². The third-order valence-electron chi connectivity index (χ3n) is 4.26. The molecule has 0 fully saturated rings. The standard InChI is InChI=1S/C22H21NO3/c1-3-23(20-13-7-10-17-9-4-5-12-19(17)20)21(24)15-26-22(25)18-11-6-8-16(2)14-18/h4-14H,3,15H2,1-2H3. The van der Waals surface area contributed by atoms with E-state index in [9.17, 15) is 9.59 Å². The number of fused-ring (bicyclic) bond motifs is 1. The summed E-state index contributed by atoms with van der Waals surface area (Å²) in [6.45, 7) is 4.02. The van der Waals surface area contributed by atoms with Crippen LogP contribution < -0.4 is 4.90 Å². The summed E-state index contributed by atoms with van der Waals surface area (Å²) in [7, 11) is 0. The fourth-order valence-corrected chi connectivity index (χ4v) is 2.99. The second-order valence-corrected chi connectivity index (χ2v) is 6.08. The zero-order valence-corrected chi connectivity index (χ0v) is 14.9. The van der Waals surface area contributed by atoms with Gasteiger partial charge in [-0.15, -0.1) is 0 Å². The molecule has 0 aromatic heterocycles. The number of anilines is 1. The van der Waals surface area contributed by atoms with E-state index in [2.05, 4.69) is 0 Å². The predicted molar refractivity (Wildman–Crippen MR) is 103 cm³/mol. The average Bonchev–Trinajstić information content (AvgIpc) is 2.67. The molecular formula is C22H21NO3. The highest BCUT2D eigenvalue weighted by molar-refractivity contribution is 6.04. The third kappa shape index (κ3) is 3.75. The number of amides is 1. The molecular weight excluding hydrogens is 326 g/mol. The van der Waals surface area contributed by atoms with E-state index in [1.807, 2.05) is 62.4 Å². The molecule has 0 heterocycles. The van der Waals surface area contributed by atoms with E-state index in [4.69, 9.17) is 4.74 Å². The smallest absolute Gasteiger partial charge is 0.338 e. The molecule has 3 rings (SSSR count). The number of carbonyl (C=O) groups excluding carboxylic acids is 2. The largest absolute Gasteiger partial charge is 0.452 e. The zero-order chi connectivity index (χ0) is 18.5. The molecule has 132 valence electrons. The first-order valence-corrected chi connectivity index (χ1v) is 8.62. The van der Waals surface area contributed by atoms with Crippen molar-refractivity contribution in [1.82, 2.24) is 0 Å². The Kier molecular flexibility index (Phi) is 5.32. The van der Waals surface area contributed by atoms with E-state index in [1.54, 1.807) is 23.1 Å². The Morgan fingerprint density at radius 2 is 1.69 bits per heavy atom. The van der Waals surface area contributed by atoms with Crippen molar-refractivity contribution in [2.45, 2.75) is 13.8 Å². The molecule has 4 nitrogen and oxygen atoms in total. The normalized spacial score (nSPS) is 10.5. The summed E-state index contributed by atoms with van der Waals surface area (Å²) in [5.74, 6) is -0.735. The van der Waals surface area contributed by atoms with Crippen molar-refractivity contribution in [3.63, 3.8) is 0 Å². The SMILES string of the molecule is CCN(C(=O)COC(=O)c1cccc(C)c1)c1cccc2ccccc12. The molecule has 0 radical (unpaired) electrons. The summed E-state index contributed by atoms with van der Waals surface area (Å²) in [6, 6.07) is 20.9. The molecule has 0 saturated heterocycles. The highest BCUT2D eigenvalue weighted by Gasteiger charge is 2.18. The number of aryl methyl sites for hydroxylation is 1. The summed E-state index contributed by atoms with van der Waals surface area (Å²) in [6.07, 6.45) is 0. The summed E-state index contributed by atoms with van der Waals surface area (Å²) in [4.78, 5) is 26.5. The minimum Gasteiger partial charge on any atom is -0.452 e. The summed E-state index contributed by atoms with van der Waals surface area (Å²) < 4.78 is 5.23. The Labute approximate surface area is 153 Å². The van der Waals surface area contributed by atoms with E-state index < -0.39 is 5.97 Å². The van der Waals surface area contributed by atoms with Gasteiger partial charge in [-0.05, 0) is 37.4 Å². The van der Waals surface area contributed by atoms with Crippen molar-refractivity contribution in [2.75, 3.05) is 18.1 Å². The Bertz CT molecular complexity index is 944. The number of hydrogen-bond donors (Lipinski definition) is 0. The van der Waals surface area contributed by atoms with E-state index in [0.29, 0.717) is 12.1 Å². The maximum atomic E-state index is 12.7. The molecule has 0 spiro atoms. The van der Waals surface area contributed by atoms with Gasteiger partial charge < -0.3 is 9.64 Å². The first-order valence-electron chi connectivity index (χ1n) is 8.62. The molecule has 3 aromatic rings. The van der Waals surface area contributed by atoms with Crippen LogP contribution in [0.2, 0.25) is 0 Å². The van der Waals surface area contributed by atoms with Crippen LogP contribution in [-0.4, -0.2) is 25.0 Å². The number of benzene rings is 3. The molecule has 0 atom stereocenters. The maximum Gasteiger partial charge on any atom is 0.338 e. The van der Waals surface area contributed by atoms with E-state index in [1.165, 1.54) is 0 Å². The molecule has 0 aliphatic carbocycles. The molecule has 3 aromatic carbocycles. The number of nitrogens with zero attached hydrogens (tertiary/aromatic N) is 1. The number of carbonyl (C=O) groups is 2. The van der Waals surface area contributed by atoms with Crippen molar-refractivity contribution >= 4 is 28.3 Å². The van der Waals surface area contributed by atoms with Crippen LogP contribution in [0.15, 0.2) is 66.7 Å². The number of ether oxygens (including phenoxy) is 1. The van der Waals surface area contributed by atoms with Gasteiger partial charge in [0.1, 0.15) is 0 Å². The number of likely N-dealkylation sites (N-methyl/N-ethyl adjacent to an activating group) is 1. The zero-order valence-electron chi connectivity index (χ0n) is 14.9. The fraction of sp³-hybridized carbons (Fsp3) is 0.182. The lowest BCUT2D eigenvalue weighted by Gasteiger charge is -2.22. The Balaban J connectivity index is 1.76. The summed E-state index contributed by atoms with van der Waals surface area (Å²) in [5, 5.41) is 2.06. The van der Waals surface area contributed by atoms with Crippen molar-refractivity contribution in [3.8, 4) is 0 Å². The third-order valence-corrected chi connectivity index (χ3v) is 4.26. The van der Waals surface area contributed by atoms with Gasteiger partial charge in [0.15, 0.2) is 6.61 Å². The van der Waals surface area contributed by atoms with Gasteiger partial charge in [-0.25, -0.2) is 4.79 Å². The van der Waals surface area contributed by atoms with Crippen LogP contribution >= 0.6 is 0 Å². The molecule has 1 amide bonds. The van der Waals surface area contributed by atoms with Gasteiger partial charge in [-0.3, -0.25) is 4.79 Å². The predicted octanol–water partition coefficient (Wildman–Crippen LogP) is 4.36. The molecule has 0 bridgehead atoms. The number of hydrogen-bond acceptors (Lipinski definition) is 3. The highest BCUT2D eigenvalue weighted by Crippen LogP contribution is 2.26. The van der Waals surface area contributed by atoms with Gasteiger partial charge >= 0.3 is 5.97 Å². The monoisotopic (exact) mass is 347 g/mol. The van der Waals surface area contributed by atoms with Crippen LogP contribution in [0.1, 0.15) is 22.8 Å². The molecule has 0 aliphatic heterocycles. The van der Waals surface area contributed by atoms with Crippen LogP contribution in [0.4, 0.5) is 5.69 Å². The first kappa shape index (κ1) is 17.7. The van der Waals surface area contributed by atoms with Gasteiger partial charge in [0.2, 0.25) is 0 Å². The van der Waals surface area contributed by atoms with E-state index in [-0.39, 0.29) is 12.5 Å². The van der Waals surface area contributed by atoms with Gasteiger partial charge in [-0.1, -0.05) is 54.1 Å². The second kappa shape index (κ2) is 7.83. The topological polar surface area (TPSA) is 46.6 Å². The van der Waals surface area contributed by atoms with Crippen LogP contribution in [0, 0.1) is 6.92 Å². The average molecular weight is 347 g/mol. The van der Waals surface area contributed by atoms with Crippen molar-refractivity contribution in [2.24, 2.45) is 0 Å². The molecule has 0 saturated carbocycles. The lowest BCUT2D eigenvalue weighted by atomic mass is 10.1. The highest BCUT2D eigenvalue weighted by atomic mass is 16.5. The lowest BCUT2D eigenvalue weighted by molar-refractivity contribution is -0.121. The molecule has 26 heavy (non-hydrogen) atoms. The Morgan fingerprint density at radius 3 is 2.46 bits per heavy atom. The summed E-state index contributed by atoms with van der Waals surface area (Å²) >= 11 is 0. The van der Waals surface area contributed by atoms with Crippen LogP contribution in [-0.2, 0) is 9.53 Å². The van der Waals surface area contributed by atoms with Gasteiger partial charge in [0.25, 0.3) is 5.91 Å². The van der Waals surface area contributed by atoms with Crippen LogP contribution in [0.3, 0.4) is 0 Å². The molecule has 0 unspecified atom stereocenters. The van der Waals surface area contributed by atoms with Crippen LogP contribution in [0.5, 0.6) is 0 Å². The van der Waals surface area contributed by atoms with Gasteiger partial charge in [0, 0.05) is 11.9 Å². The second-order valence-electron chi connectivity index (χ2n) is 6.08. The summed E-state index contributed by atoms with van der Waals surface area (Å²) in [5.41, 5.74) is 2.24. The minimum atomic E-state index is -0.490. The quantitative estimate of drug-likeness (QED) is 0.644.